The summed E-state index contributed by atoms with van der Waals surface area (Å²) >= 11 is 5.66. The molecule has 0 spiro atoms. The average Bonchev–Trinajstić information content (AvgIpc) is 2.14. The Hall–Kier alpha value is -1.55. The number of hydrogen-bond donors (Lipinski definition) is 2. The van der Waals surface area contributed by atoms with Crippen molar-refractivity contribution in [3.63, 3.8) is 0 Å². The molecule has 80 valence electrons. The Morgan fingerprint density at radius 2 is 2.00 bits per heavy atom. The number of ketones is 1. The van der Waals surface area contributed by atoms with Gasteiger partial charge in [-0.25, -0.2) is 0 Å². The normalized spacial score (nSPS) is 9.93. The Morgan fingerprint density at radius 3 is 2.53 bits per heavy atom. The predicted octanol–water partition coefficient (Wildman–Crippen LogP) is 1.97. The van der Waals surface area contributed by atoms with Crippen LogP contribution in [0.3, 0.4) is 0 Å². The van der Waals surface area contributed by atoms with Gasteiger partial charge in [-0.15, -0.1) is 0 Å². The van der Waals surface area contributed by atoms with Crippen molar-refractivity contribution in [1.29, 1.82) is 0 Å². The zero-order chi connectivity index (χ0) is 11.4. The van der Waals surface area contributed by atoms with Crippen LogP contribution in [0.25, 0.3) is 0 Å². The van der Waals surface area contributed by atoms with Crippen LogP contribution in [-0.4, -0.2) is 16.9 Å². The van der Waals surface area contributed by atoms with Gasteiger partial charge in [-0.1, -0.05) is 11.6 Å². The Kier molecular flexibility index (Phi) is 3.68. The predicted molar refractivity (Wildman–Crippen MR) is 57.1 cm³/mol. The average molecular weight is 228 g/mol. The van der Waals surface area contributed by atoms with Crippen LogP contribution < -0.4 is 5.73 Å². The molecular formula is C10H10ClNO3. The lowest BCUT2D eigenvalue weighted by Gasteiger charge is -2.03. The molecular weight excluding hydrogens is 218 g/mol. The van der Waals surface area contributed by atoms with E-state index in [1.165, 1.54) is 12.1 Å². The number of carboxylic acids is 1. The van der Waals surface area contributed by atoms with Crippen LogP contribution in [0.5, 0.6) is 0 Å². The SMILES string of the molecule is Nc1cc(Cl)ccc1C(=O)CCC(=O)O. The molecule has 0 atom stereocenters. The molecule has 1 aromatic rings. The van der Waals surface area contributed by atoms with Crippen molar-refractivity contribution in [3.8, 4) is 0 Å². The monoisotopic (exact) mass is 227 g/mol. The van der Waals surface area contributed by atoms with Crippen molar-refractivity contribution >= 4 is 29.0 Å². The first-order chi connectivity index (χ1) is 7.00. The molecule has 15 heavy (non-hydrogen) atoms. The van der Waals surface area contributed by atoms with Crippen LogP contribution in [0.2, 0.25) is 5.02 Å². The van der Waals surface area contributed by atoms with Crippen LogP contribution in [0, 0.1) is 0 Å². The number of Topliss-reactive ketones (excluding diaryl/α,β-unsaturated/α-hetero) is 1. The summed E-state index contributed by atoms with van der Waals surface area (Å²) in [6.45, 7) is 0. The number of rotatable bonds is 4. The van der Waals surface area contributed by atoms with Gasteiger partial charge in [0.15, 0.2) is 5.78 Å². The number of carboxylic acid groups (broad SMARTS) is 1. The van der Waals surface area contributed by atoms with Gasteiger partial charge in [0.1, 0.15) is 0 Å². The van der Waals surface area contributed by atoms with Gasteiger partial charge in [0.05, 0.1) is 6.42 Å². The molecule has 0 aromatic heterocycles. The van der Waals surface area contributed by atoms with Gasteiger partial charge >= 0.3 is 5.97 Å². The number of nitrogen functional groups attached to an aromatic ring is 1. The summed E-state index contributed by atoms with van der Waals surface area (Å²) in [7, 11) is 0. The highest BCUT2D eigenvalue weighted by Crippen LogP contribution is 2.19. The third-order valence-corrected chi connectivity index (χ3v) is 2.12. The maximum absolute atomic E-state index is 11.5. The molecule has 0 bridgehead atoms. The molecule has 0 aliphatic rings. The van der Waals surface area contributed by atoms with Crippen LogP contribution in [0.15, 0.2) is 18.2 Å². The van der Waals surface area contributed by atoms with Crippen molar-refractivity contribution < 1.29 is 14.7 Å². The molecule has 1 rings (SSSR count). The van der Waals surface area contributed by atoms with Crippen molar-refractivity contribution in [1.82, 2.24) is 0 Å². The molecule has 0 amide bonds. The highest BCUT2D eigenvalue weighted by Gasteiger charge is 2.11. The Morgan fingerprint density at radius 1 is 1.33 bits per heavy atom. The molecule has 0 saturated carbocycles. The molecule has 1 aromatic carbocycles. The van der Waals surface area contributed by atoms with Crippen LogP contribution >= 0.6 is 11.6 Å². The number of nitrogens with two attached hydrogens (primary N) is 1. The summed E-state index contributed by atoms with van der Waals surface area (Å²) in [5.74, 6) is -1.29. The lowest BCUT2D eigenvalue weighted by atomic mass is 10.1. The van der Waals surface area contributed by atoms with E-state index in [1.807, 2.05) is 0 Å². The number of carbonyl (C=O) groups excluding carboxylic acids is 1. The second-order valence-corrected chi connectivity index (χ2v) is 3.48. The van der Waals surface area contributed by atoms with E-state index in [9.17, 15) is 9.59 Å². The minimum absolute atomic E-state index is 0.0544. The van der Waals surface area contributed by atoms with Crippen molar-refractivity contribution in [2.24, 2.45) is 0 Å². The topological polar surface area (TPSA) is 80.4 Å². The summed E-state index contributed by atoms with van der Waals surface area (Å²) in [4.78, 5) is 21.8. The van der Waals surface area contributed by atoms with E-state index in [4.69, 9.17) is 22.4 Å². The van der Waals surface area contributed by atoms with E-state index < -0.39 is 5.97 Å². The van der Waals surface area contributed by atoms with E-state index in [-0.39, 0.29) is 24.3 Å². The van der Waals surface area contributed by atoms with Crippen molar-refractivity contribution in [2.75, 3.05) is 5.73 Å². The smallest absolute Gasteiger partial charge is 0.303 e. The molecule has 4 nitrogen and oxygen atoms in total. The molecule has 0 saturated heterocycles. The molecule has 0 radical (unpaired) electrons. The number of benzene rings is 1. The molecule has 0 aliphatic heterocycles. The van der Waals surface area contributed by atoms with E-state index in [2.05, 4.69) is 0 Å². The fourth-order valence-corrected chi connectivity index (χ4v) is 1.32. The second kappa shape index (κ2) is 4.79. The van der Waals surface area contributed by atoms with Crippen LogP contribution in [-0.2, 0) is 4.79 Å². The quantitative estimate of drug-likeness (QED) is 0.609. The largest absolute Gasteiger partial charge is 0.481 e. The van der Waals surface area contributed by atoms with Gasteiger partial charge in [0, 0.05) is 22.7 Å². The zero-order valence-electron chi connectivity index (χ0n) is 7.87. The lowest BCUT2D eigenvalue weighted by Crippen LogP contribution is -2.06. The molecule has 0 heterocycles. The fraction of sp³-hybridized carbons (Fsp3) is 0.200. The lowest BCUT2D eigenvalue weighted by molar-refractivity contribution is -0.136. The Balaban J connectivity index is 2.78. The number of carbonyl (C=O) groups is 2. The first-order valence-corrected chi connectivity index (χ1v) is 4.68. The van der Waals surface area contributed by atoms with Gasteiger partial charge in [-0.05, 0) is 18.2 Å². The summed E-state index contributed by atoms with van der Waals surface area (Å²) in [5, 5.41) is 8.86. The number of aliphatic carboxylic acids is 1. The second-order valence-electron chi connectivity index (χ2n) is 3.05. The van der Waals surface area contributed by atoms with E-state index in [1.54, 1.807) is 6.07 Å². The first kappa shape index (κ1) is 11.5. The molecule has 0 unspecified atom stereocenters. The Labute approximate surface area is 91.7 Å². The van der Waals surface area contributed by atoms with E-state index in [0.717, 1.165) is 0 Å². The van der Waals surface area contributed by atoms with E-state index in [0.29, 0.717) is 10.6 Å². The Bertz CT molecular complexity index is 404. The van der Waals surface area contributed by atoms with Gasteiger partial charge < -0.3 is 10.8 Å². The highest BCUT2D eigenvalue weighted by molar-refractivity contribution is 6.31. The van der Waals surface area contributed by atoms with Gasteiger partial charge in [0.2, 0.25) is 0 Å². The van der Waals surface area contributed by atoms with Crippen molar-refractivity contribution in [2.45, 2.75) is 12.8 Å². The van der Waals surface area contributed by atoms with Crippen molar-refractivity contribution in [3.05, 3.63) is 28.8 Å². The molecule has 3 N–H and O–H groups in total. The maximum atomic E-state index is 11.5. The van der Waals surface area contributed by atoms with Gasteiger partial charge in [-0.2, -0.15) is 0 Å². The third kappa shape index (κ3) is 3.25. The number of halogens is 1. The molecule has 0 aliphatic carbocycles. The zero-order valence-corrected chi connectivity index (χ0v) is 8.62. The highest BCUT2D eigenvalue weighted by atomic mass is 35.5. The summed E-state index contributed by atoms with van der Waals surface area (Å²) in [6.07, 6.45) is -0.248. The third-order valence-electron chi connectivity index (χ3n) is 1.88. The van der Waals surface area contributed by atoms with E-state index >= 15 is 0 Å². The number of anilines is 1. The minimum Gasteiger partial charge on any atom is -0.481 e. The van der Waals surface area contributed by atoms with Crippen LogP contribution in [0.1, 0.15) is 23.2 Å². The maximum Gasteiger partial charge on any atom is 0.303 e. The minimum atomic E-state index is -1.00. The summed E-state index contributed by atoms with van der Waals surface area (Å²) in [5.41, 5.74) is 6.17. The first-order valence-electron chi connectivity index (χ1n) is 4.30. The van der Waals surface area contributed by atoms with Crippen LogP contribution in [0.4, 0.5) is 5.69 Å². The standard InChI is InChI=1S/C10H10ClNO3/c11-6-1-2-7(8(12)5-6)9(13)3-4-10(14)15/h1-2,5H,3-4,12H2,(H,14,15). The van der Waals surface area contributed by atoms with Gasteiger partial charge in [0.25, 0.3) is 0 Å². The molecule has 5 heteroatoms. The summed E-state index contributed by atoms with van der Waals surface area (Å²) in [6, 6.07) is 4.52. The summed E-state index contributed by atoms with van der Waals surface area (Å²) < 4.78 is 0. The molecule has 0 fully saturated rings. The fourth-order valence-electron chi connectivity index (χ4n) is 1.14. The van der Waals surface area contributed by atoms with Gasteiger partial charge in [-0.3, -0.25) is 9.59 Å². The number of hydrogen-bond acceptors (Lipinski definition) is 3.